The molecular formula is C24H33N5O4. The lowest BCUT2D eigenvalue weighted by Gasteiger charge is -2.27. The maximum atomic E-state index is 13.0. The molecule has 0 bridgehead atoms. The quantitative estimate of drug-likeness (QED) is 0.561. The monoisotopic (exact) mass is 455 g/mol. The normalized spacial score (nSPS) is 12.1. The first-order valence-electron chi connectivity index (χ1n) is 11.0. The molecule has 0 unspecified atom stereocenters. The minimum atomic E-state index is -0.652. The Bertz CT molecular complexity index is 1130. The molecule has 0 radical (unpaired) electrons. The van der Waals surface area contributed by atoms with E-state index in [2.05, 4.69) is 10.1 Å². The van der Waals surface area contributed by atoms with Crippen molar-refractivity contribution in [2.75, 3.05) is 6.54 Å². The SMILES string of the molecule is Cn1ccc(CN(CCc2nc3ccccc3n2C(=O)OC(C)(C)C)C(=O)OC(C)(C)C)n1. The van der Waals surface area contributed by atoms with Gasteiger partial charge in [0.2, 0.25) is 0 Å². The van der Waals surface area contributed by atoms with E-state index in [0.717, 1.165) is 5.69 Å². The fourth-order valence-corrected chi connectivity index (χ4v) is 3.29. The number of rotatable bonds is 5. The Morgan fingerprint density at radius 1 is 1.00 bits per heavy atom. The summed E-state index contributed by atoms with van der Waals surface area (Å²) < 4.78 is 14.4. The maximum absolute atomic E-state index is 13.0. The van der Waals surface area contributed by atoms with Gasteiger partial charge in [-0.1, -0.05) is 12.1 Å². The number of hydrogen-bond donors (Lipinski definition) is 0. The van der Waals surface area contributed by atoms with E-state index in [1.165, 1.54) is 4.57 Å². The molecule has 33 heavy (non-hydrogen) atoms. The summed E-state index contributed by atoms with van der Waals surface area (Å²) in [5.74, 6) is 0.514. The number of carbonyl (C=O) groups is 2. The molecule has 3 rings (SSSR count). The second kappa shape index (κ2) is 9.25. The summed E-state index contributed by atoms with van der Waals surface area (Å²) in [4.78, 5) is 32.1. The van der Waals surface area contributed by atoms with Crippen molar-refractivity contribution in [1.82, 2.24) is 24.2 Å². The molecule has 0 aliphatic heterocycles. The first-order valence-corrected chi connectivity index (χ1v) is 11.0. The Hall–Kier alpha value is -3.36. The third kappa shape index (κ3) is 6.57. The predicted octanol–water partition coefficient (Wildman–Crippen LogP) is 4.53. The highest BCUT2D eigenvalue weighted by atomic mass is 16.6. The van der Waals surface area contributed by atoms with E-state index < -0.39 is 23.4 Å². The second-order valence-corrected chi connectivity index (χ2v) is 9.97. The second-order valence-electron chi connectivity index (χ2n) is 9.97. The van der Waals surface area contributed by atoms with Gasteiger partial charge >= 0.3 is 12.2 Å². The van der Waals surface area contributed by atoms with Crippen molar-refractivity contribution in [3.8, 4) is 0 Å². The predicted molar refractivity (Wildman–Crippen MR) is 125 cm³/mol. The van der Waals surface area contributed by atoms with Crippen LogP contribution in [0.1, 0.15) is 53.1 Å². The van der Waals surface area contributed by atoms with E-state index in [4.69, 9.17) is 9.47 Å². The van der Waals surface area contributed by atoms with Gasteiger partial charge in [0.15, 0.2) is 0 Å². The fourth-order valence-electron chi connectivity index (χ4n) is 3.29. The van der Waals surface area contributed by atoms with Gasteiger partial charge in [-0.25, -0.2) is 19.1 Å². The van der Waals surface area contributed by atoms with Crippen LogP contribution in [0.4, 0.5) is 9.59 Å². The van der Waals surface area contributed by atoms with E-state index in [-0.39, 0.29) is 13.1 Å². The van der Waals surface area contributed by atoms with Crippen LogP contribution >= 0.6 is 0 Å². The van der Waals surface area contributed by atoms with Gasteiger partial charge in [-0.2, -0.15) is 5.10 Å². The molecule has 178 valence electrons. The van der Waals surface area contributed by atoms with Crippen molar-refractivity contribution in [3.63, 3.8) is 0 Å². The van der Waals surface area contributed by atoms with Gasteiger partial charge in [-0.15, -0.1) is 0 Å². The van der Waals surface area contributed by atoms with E-state index >= 15 is 0 Å². The van der Waals surface area contributed by atoms with E-state index in [0.29, 0.717) is 23.3 Å². The smallest absolute Gasteiger partial charge is 0.420 e. The summed E-state index contributed by atoms with van der Waals surface area (Å²) in [6.45, 7) is 11.5. The number of ether oxygens (including phenoxy) is 2. The molecule has 9 heteroatoms. The number of nitrogens with zero attached hydrogens (tertiary/aromatic N) is 5. The lowest BCUT2D eigenvalue weighted by Crippen LogP contribution is -2.38. The first kappa shape index (κ1) is 24.3. The number of aryl methyl sites for hydroxylation is 1. The molecule has 0 aliphatic carbocycles. The van der Waals surface area contributed by atoms with Crippen molar-refractivity contribution in [1.29, 1.82) is 0 Å². The lowest BCUT2D eigenvalue weighted by atomic mass is 10.2. The van der Waals surface area contributed by atoms with E-state index in [1.54, 1.807) is 9.58 Å². The average molecular weight is 456 g/mol. The maximum Gasteiger partial charge on any atom is 0.420 e. The molecule has 0 saturated carbocycles. The highest BCUT2D eigenvalue weighted by Gasteiger charge is 2.26. The summed E-state index contributed by atoms with van der Waals surface area (Å²) >= 11 is 0. The Balaban J connectivity index is 1.88. The standard InChI is InChI=1S/C24H33N5O4/c1-23(2,3)32-21(30)28(16-17-12-14-27(7)26-17)15-13-20-25-18-10-8-9-11-19(18)29(20)22(31)33-24(4,5)6/h8-12,14H,13,15-16H2,1-7H3. The molecule has 0 fully saturated rings. The Labute approximate surface area is 194 Å². The molecule has 1 aromatic carbocycles. The van der Waals surface area contributed by atoms with Gasteiger partial charge in [-0.05, 0) is 59.7 Å². The largest absolute Gasteiger partial charge is 0.444 e. The van der Waals surface area contributed by atoms with Crippen LogP contribution in [-0.4, -0.2) is 54.2 Å². The molecule has 3 aromatic rings. The minimum Gasteiger partial charge on any atom is -0.444 e. The fraction of sp³-hybridized carbons (Fsp3) is 0.500. The number of aromatic nitrogens is 4. The van der Waals surface area contributed by atoms with Crippen LogP contribution in [-0.2, 0) is 29.5 Å². The summed E-state index contributed by atoms with van der Waals surface area (Å²) in [6.07, 6.45) is 1.21. The third-order valence-corrected chi connectivity index (χ3v) is 4.59. The van der Waals surface area contributed by atoms with Crippen LogP contribution in [0.2, 0.25) is 0 Å². The molecule has 9 nitrogen and oxygen atoms in total. The molecule has 0 atom stereocenters. The van der Waals surface area contributed by atoms with Crippen molar-refractivity contribution < 1.29 is 19.1 Å². The molecule has 0 saturated heterocycles. The molecule has 0 spiro atoms. The molecular weight excluding hydrogens is 422 g/mol. The highest BCUT2D eigenvalue weighted by Crippen LogP contribution is 2.20. The molecule has 2 heterocycles. The number of fused-ring (bicyclic) bond motifs is 1. The number of carbonyl (C=O) groups excluding carboxylic acids is 2. The van der Waals surface area contributed by atoms with Crippen molar-refractivity contribution in [2.45, 2.75) is 65.7 Å². The zero-order valence-corrected chi connectivity index (χ0v) is 20.5. The number of hydrogen-bond acceptors (Lipinski definition) is 6. The third-order valence-electron chi connectivity index (χ3n) is 4.59. The Morgan fingerprint density at radius 3 is 2.27 bits per heavy atom. The van der Waals surface area contributed by atoms with Gasteiger partial charge in [0.25, 0.3) is 0 Å². The topological polar surface area (TPSA) is 91.5 Å². The molecule has 0 aliphatic rings. The van der Waals surface area contributed by atoms with Gasteiger partial charge < -0.3 is 14.4 Å². The van der Waals surface area contributed by atoms with E-state index in [9.17, 15) is 9.59 Å². The van der Waals surface area contributed by atoms with Crippen LogP contribution in [0.5, 0.6) is 0 Å². The summed E-state index contributed by atoms with van der Waals surface area (Å²) in [7, 11) is 1.82. The summed E-state index contributed by atoms with van der Waals surface area (Å²) in [6, 6.07) is 9.25. The highest BCUT2D eigenvalue weighted by molar-refractivity contribution is 5.87. The van der Waals surface area contributed by atoms with Gasteiger partial charge in [0.1, 0.15) is 17.0 Å². The first-order chi connectivity index (χ1) is 15.3. The summed E-state index contributed by atoms with van der Waals surface area (Å²) in [5, 5.41) is 4.38. The van der Waals surface area contributed by atoms with Gasteiger partial charge in [0.05, 0.1) is 23.3 Å². The van der Waals surface area contributed by atoms with Crippen LogP contribution in [0.25, 0.3) is 11.0 Å². The Kier molecular flexibility index (Phi) is 6.81. The summed E-state index contributed by atoms with van der Waals surface area (Å²) in [5.41, 5.74) is 0.802. The van der Waals surface area contributed by atoms with Crippen LogP contribution in [0.3, 0.4) is 0 Å². The van der Waals surface area contributed by atoms with Crippen LogP contribution in [0.15, 0.2) is 36.5 Å². The number of benzene rings is 1. The van der Waals surface area contributed by atoms with Crippen molar-refractivity contribution in [2.24, 2.45) is 7.05 Å². The zero-order chi connectivity index (χ0) is 24.4. The minimum absolute atomic E-state index is 0.280. The zero-order valence-electron chi connectivity index (χ0n) is 20.5. The average Bonchev–Trinajstić information content (AvgIpc) is 3.25. The van der Waals surface area contributed by atoms with Crippen LogP contribution < -0.4 is 0 Å². The van der Waals surface area contributed by atoms with Crippen molar-refractivity contribution in [3.05, 3.63) is 48.0 Å². The van der Waals surface area contributed by atoms with E-state index in [1.807, 2.05) is 85.1 Å². The van der Waals surface area contributed by atoms with Crippen LogP contribution in [0, 0.1) is 0 Å². The van der Waals surface area contributed by atoms with Gasteiger partial charge in [-0.3, -0.25) is 4.68 Å². The number of imidazole rings is 1. The number of para-hydroxylation sites is 2. The molecule has 2 aromatic heterocycles. The molecule has 1 amide bonds. The van der Waals surface area contributed by atoms with Crippen molar-refractivity contribution >= 4 is 23.2 Å². The number of amides is 1. The lowest BCUT2D eigenvalue weighted by molar-refractivity contribution is 0.0232. The molecule has 0 N–H and O–H groups in total. The Morgan fingerprint density at radius 2 is 1.67 bits per heavy atom. The van der Waals surface area contributed by atoms with Gasteiger partial charge in [0, 0.05) is 26.2 Å².